The molecule has 20 heavy (non-hydrogen) atoms. The highest BCUT2D eigenvalue weighted by Gasteiger charge is 2.15. The third kappa shape index (κ3) is 2.80. The minimum Gasteiger partial charge on any atom is -0.504 e. The normalized spacial score (nSPS) is 10.8. The Morgan fingerprint density at radius 3 is 2.50 bits per heavy atom. The molecule has 4 heteroatoms. The topological polar surface area (TPSA) is 77.8 Å². The second-order valence-corrected chi connectivity index (χ2v) is 4.44. The zero-order valence-corrected chi connectivity index (χ0v) is 10.9. The number of allylic oxidation sites excluding steroid dienone is 1. The van der Waals surface area contributed by atoms with Crippen molar-refractivity contribution >= 4 is 11.9 Å². The SMILES string of the molecule is Cc1cccc(C=CC(=O)c2ccc(O)c(O)c2O)c1. The Kier molecular flexibility index (Phi) is 3.75. The smallest absolute Gasteiger partial charge is 0.201 e. The first-order chi connectivity index (χ1) is 9.49. The maximum atomic E-state index is 11.9. The Morgan fingerprint density at radius 1 is 1.05 bits per heavy atom. The summed E-state index contributed by atoms with van der Waals surface area (Å²) < 4.78 is 0. The van der Waals surface area contributed by atoms with Crippen molar-refractivity contribution in [3.05, 3.63) is 59.2 Å². The number of ketones is 1. The standard InChI is InChI=1S/C16H14O4/c1-10-3-2-4-11(9-10)5-7-13(17)12-6-8-14(18)16(20)15(12)19/h2-9,18-20H,1H3. The summed E-state index contributed by atoms with van der Waals surface area (Å²) in [5.74, 6) is -2.25. The van der Waals surface area contributed by atoms with E-state index in [0.717, 1.165) is 17.2 Å². The Bertz CT molecular complexity index is 687. The van der Waals surface area contributed by atoms with Gasteiger partial charge in [-0.3, -0.25) is 4.79 Å². The highest BCUT2D eigenvalue weighted by Crippen LogP contribution is 2.37. The van der Waals surface area contributed by atoms with Crippen molar-refractivity contribution in [2.45, 2.75) is 6.92 Å². The van der Waals surface area contributed by atoms with Gasteiger partial charge in [-0.05, 0) is 30.7 Å². The molecule has 0 saturated carbocycles. The molecule has 0 spiro atoms. The van der Waals surface area contributed by atoms with Crippen LogP contribution in [0, 0.1) is 6.92 Å². The molecular formula is C16H14O4. The number of carbonyl (C=O) groups excluding carboxylic acids is 1. The molecule has 0 saturated heterocycles. The van der Waals surface area contributed by atoms with Crippen LogP contribution in [0.2, 0.25) is 0 Å². The van der Waals surface area contributed by atoms with Gasteiger partial charge in [-0.1, -0.05) is 35.9 Å². The zero-order chi connectivity index (χ0) is 14.7. The Labute approximate surface area is 116 Å². The summed E-state index contributed by atoms with van der Waals surface area (Å²) in [5, 5.41) is 28.2. The fraction of sp³-hybridized carbons (Fsp3) is 0.0625. The van der Waals surface area contributed by atoms with Gasteiger partial charge in [-0.15, -0.1) is 0 Å². The lowest BCUT2D eigenvalue weighted by Gasteiger charge is -2.04. The van der Waals surface area contributed by atoms with Gasteiger partial charge in [-0.25, -0.2) is 0 Å². The van der Waals surface area contributed by atoms with E-state index in [1.54, 1.807) is 6.08 Å². The van der Waals surface area contributed by atoms with Crippen LogP contribution in [0.15, 0.2) is 42.5 Å². The number of aryl methyl sites for hydroxylation is 1. The number of aromatic hydroxyl groups is 3. The molecule has 0 aliphatic rings. The second-order valence-electron chi connectivity index (χ2n) is 4.44. The molecule has 0 aliphatic carbocycles. The van der Waals surface area contributed by atoms with Crippen molar-refractivity contribution in [1.82, 2.24) is 0 Å². The van der Waals surface area contributed by atoms with Gasteiger partial charge in [0.2, 0.25) is 5.75 Å². The lowest BCUT2D eigenvalue weighted by molar-refractivity contribution is 0.104. The van der Waals surface area contributed by atoms with E-state index in [0.29, 0.717) is 0 Å². The number of phenols is 3. The van der Waals surface area contributed by atoms with Crippen LogP contribution in [0.1, 0.15) is 21.5 Å². The van der Waals surface area contributed by atoms with E-state index in [1.165, 1.54) is 12.1 Å². The van der Waals surface area contributed by atoms with Crippen molar-refractivity contribution in [3.8, 4) is 17.2 Å². The van der Waals surface area contributed by atoms with Gasteiger partial charge in [0.15, 0.2) is 17.3 Å². The first-order valence-electron chi connectivity index (χ1n) is 6.02. The third-order valence-corrected chi connectivity index (χ3v) is 2.86. The Hall–Kier alpha value is -2.75. The molecule has 0 unspecified atom stereocenters. The maximum absolute atomic E-state index is 11.9. The number of benzene rings is 2. The van der Waals surface area contributed by atoms with Gasteiger partial charge < -0.3 is 15.3 Å². The van der Waals surface area contributed by atoms with E-state index in [4.69, 9.17) is 0 Å². The average molecular weight is 270 g/mol. The van der Waals surface area contributed by atoms with E-state index in [1.807, 2.05) is 31.2 Å². The molecule has 0 radical (unpaired) electrons. The summed E-state index contributed by atoms with van der Waals surface area (Å²) in [4.78, 5) is 11.9. The molecule has 3 N–H and O–H groups in total. The summed E-state index contributed by atoms with van der Waals surface area (Å²) in [7, 11) is 0. The van der Waals surface area contributed by atoms with Gasteiger partial charge in [0, 0.05) is 0 Å². The lowest BCUT2D eigenvalue weighted by atomic mass is 10.1. The van der Waals surface area contributed by atoms with Crippen LogP contribution in [-0.4, -0.2) is 21.1 Å². The van der Waals surface area contributed by atoms with Gasteiger partial charge in [0.1, 0.15) is 0 Å². The highest BCUT2D eigenvalue weighted by molar-refractivity contribution is 6.09. The molecule has 0 amide bonds. The third-order valence-electron chi connectivity index (χ3n) is 2.86. The molecule has 102 valence electrons. The first-order valence-corrected chi connectivity index (χ1v) is 6.02. The van der Waals surface area contributed by atoms with Crippen LogP contribution in [0.5, 0.6) is 17.2 Å². The molecule has 0 bridgehead atoms. The summed E-state index contributed by atoms with van der Waals surface area (Å²) in [6.45, 7) is 1.95. The highest BCUT2D eigenvalue weighted by atomic mass is 16.3. The predicted molar refractivity (Wildman–Crippen MR) is 76.0 cm³/mol. The Morgan fingerprint density at radius 2 is 1.80 bits per heavy atom. The first kappa shape index (κ1) is 13.7. The van der Waals surface area contributed by atoms with E-state index in [2.05, 4.69) is 0 Å². The molecule has 4 nitrogen and oxygen atoms in total. The molecule has 0 fully saturated rings. The van der Waals surface area contributed by atoms with Gasteiger partial charge in [-0.2, -0.15) is 0 Å². The fourth-order valence-corrected chi connectivity index (χ4v) is 1.80. The molecule has 0 heterocycles. The van der Waals surface area contributed by atoms with Crippen LogP contribution in [0.25, 0.3) is 6.08 Å². The summed E-state index contributed by atoms with van der Waals surface area (Å²) in [6, 6.07) is 10.0. The van der Waals surface area contributed by atoms with E-state index in [-0.39, 0.29) is 5.56 Å². The minimum atomic E-state index is -0.695. The quantitative estimate of drug-likeness (QED) is 0.455. The fourth-order valence-electron chi connectivity index (χ4n) is 1.80. The maximum Gasteiger partial charge on any atom is 0.201 e. The van der Waals surface area contributed by atoms with E-state index < -0.39 is 23.0 Å². The van der Waals surface area contributed by atoms with Crippen LogP contribution >= 0.6 is 0 Å². The summed E-state index contributed by atoms with van der Waals surface area (Å²) in [5.41, 5.74) is 1.87. The minimum absolute atomic E-state index is 0.0656. The number of hydrogen-bond donors (Lipinski definition) is 3. The molecule has 0 aliphatic heterocycles. The molecule has 0 atom stereocenters. The van der Waals surface area contributed by atoms with Gasteiger partial charge >= 0.3 is 0 Å². The van der Waals surface area contributed by atoms with Crippen molar-refractivity contribution in [1.29, 1.82) is 0 Å². The van der Waals surface area contributed by atoms with E-state index >= 15 is 0 Å². The summed E-state index contributed by atoms with van der Waals surface area (Å²) in [6.07, 6.45) is 2.93. The number of hydrogen-bond acceptors (Lipinski definition) is 4. The molecule has 0 aromatic heterocycles. The van der Waals surface area contributed by atoms with Crippen LogP contribution < -0.4 is 0 Å². The monoisotopic (exact) mass is 270 g/mol. The van der Waals surface area contributed by atoms with Crippen molar-refractivity contribution in [2.24, 2.45) is 0 Å². The molecule has 2 aromatic rings. The van der Waals surface area contributed by atoms with Crippen molar-refractivity contribution < 1.29 is 20.1 Å². The largest absolute Gasteiger partial charge is 0.504 e. The molecule has 2 aromatic carbocycles. The van der Waals surface area contributed by atoms with Crippen LogP contribution in [0.4, 0.5) is 0 Å². The second kappa shape index (κ2) is 5.48. The van der Waals surface area contributed by atoms with Crippen molar-refractivity contribution in [3.63, 3.8) is 0 Å². The predicted octanol–water partition coefficient (Wildman–Crippen LogP) is 3.01. The lowest BCUT2D eigenvalue weighted by Crippen LogP contribution is -1.95. The summed E-state index contributed by atoms with van der Waals surface area (Å²) >= 11 is 0. The van der Waals surface area contributed by atoms with Gasteiger partial charge in [0.05, 0.1) is 5.56 Å². The van der Waals surface area contributed by atoms with Crippen molar-refractivity contribution in [2.75, 3.05) is 0 Å². The zero-order valence-electron chi connectivity index (χ0n) is 10.9. The molecular weight excluding hydrogens is 256 g/mol. The molecule has 2 rings (SSSR count). The van der Waals surface area contributed by atoms with Gasteiger partial charge in [0.25, 0.3) is 0 Å². The van der Waals surface area contributed by atoms with E-state index in [9.17, 15) is 20.1 Å². The van der Waals surface area contributed by atoms with Crippen LogP contribution in [0.3, 0.4) is 0 Å². The average Bonchev–Trinajstić information content (AvgIpc) is 2.42. The number of rotatable bonds is 3. The Balaban J connectivity index is 2.27. The number of phenolic OH excluding ortho intramolecular Hbond substituents is 3. The van der Waals surface area contributed by atoms with Crippen LogP contribution in [-0.2, 0) is 0 Å². The number of carbonyl (C=O) groups is 1.